The van der Waals surface area contributed by atoms with Gasteiger partial charge in [0, 0.05) is 34.7 Å². The van der Waals surface area contributed by atoms with E-state index in [-0.39, 0.29) is 0 Å². The topological polar surface area (TPSA) is 3.24 Å². The van der Waals surface area contributed by atoms with Gasteiger partial charge in [-0.2, -0.15) is 0 Å². The number of hydrogen-bond acceptors (Lipinski definition) is 1. The lowest BCUT2D eigenvalue weighted by molar-refractivity contribution is 0.918. The number of hydrogen-bond donors (Lipinski definition) is 0. The van der Waals surface area contributed by atoms with Crippen LogP contribution in [-0.4, -0.2) is 7.05 Å². The zero-order valence-corrected chi connectivity index (χ0v) is 13.6. The van der Waals surface area contributed by atoms with E-state index in [1.165, 1.54) is 5.56 Å². The summed E-state index contributed by atoms with van der Waals surface area (Å²) < 4.78 is 1.12. The van der Waals surface area contributed by atoms with Crippen molar-refractivity contribution in [3.8, 4) is 0 Å². The van der Waals surface area contributed by atoms with Crippen molar-refractivity contribution in [2.24, 2.45) is 0 Å². The van der Waals surface area contributed by atoms with Crippen molar-refractivity contribution in [3.63, 3.8) is 0 Å². The molecule has 0 aliphatic heterocycles. The van der Waals surface area contributed by atoms with Crippen LogP contribution in [0.15, 0.2) is 46.9 Å². The lowest BCUT2D eigenvalue weighted by atomic mass is 10.2. The van der Waals surface area contributed by atoms with Crippen molar-refractivity contribution in [2.45, 2.75) is 12.4 Å². The highest BCUT2D eigenvalue weighted by Gasteiger charge is 2.07. The van der Waals surface area contributed by atoms with Crippen LogP contribution in [0.25, 0.3) is 0 Å². The van der Waals surface area contributed by atoms with Gasteiger partial charge in [-0.3, -0.25) is 0 Å². The number of nitrogens with zero attached hydrogens (tertiary/aromatic N) is 1. The fourth-order valence-corrected chi connectivity index (χ4v) is 2.81. The SMILES string of the molecule is CN(Cc1ccccc1Br)c1ccc(CCl)c(Cl)c1. The number of anilines is 1. The second kappa shape index (κ2) is 6.65. The molecule has 0 heterocycles. The molecule has 2 aromatic carbocycles. The first-order valence-corrected chi connectivity index (χ1v) is 7.61. The molecule has 0 atom stereocenters. The van der Waals surface area contributed by atoms with Crippen molar-refractivity contribution < 1.29 is 0 Å². The number of alkyl halides is 1. The molecule has 0 aliphatic carbocycles. The first-order valence-electron chi connectivity index (χ1n) is 5.90. The van der Waals surface area contributed by atoms with Gasteiger partial charge in [0.2, 0.25) is 0 Å². The van der Waals surface area contributed by atoms with Crippen molar-refractivity contribution >= 4 is 44.8 Å². The van der Waals surface area contributed by atoms with Gasteiger partial charge in [-0.25, -0.2) is 0 Å². The second-order valence-corrected chi connectivity index (χ2v) is 5.89. The summed E-state index contributed by atoms with van der Waals surface area (Å²) in [6, 6.07) is 14.2. The maximum absolute atomic E-state index is 6.19. The monoisotopic (exact) mass is 357 g/mol. The third kappa shape index (κ3) is 3.65. The molecular formula is C15H14BrCl2N. The van der Waals surface area contributed by atoms with E-state index in [1.807, 2.05) is 43.4 Å². The van der Waals surface area contributed by atoms with E-state index in [2.05, 4.69) is 26.9 Å². The molecule has 1 nitrogen and oxygen atoms in total. The molecule has 0 radical (unpaired) electrons. The Morgan fingerprint density at radius 2 is 1.84 bits per heavy atom. The summed E-state index contributed by atoms with van der Waals surface area (Å²) in [5, 5.41) is 0.714. The normalized spacial score (nSPS) is 10.5. The zero-order valence-electron chi connectivity index (χ0n) is 10.5. The van der Waals surface area contributed by atoms with Crippen LogP contribution in [0.4, 0.5) is 5.69 Å². The van der Waals surface area contributed by atoms with E-state index in [1.54, 1.807) is 0 Å². The number of benzene rings is 2. The van der Waals surface area contributed by atoms with Gasteiger partial charge in [0.25, 0.3) is 0 Å². The molecule has 0 aliphatic rings. The molecule has 0 saturated carbocycles. The van der Waals surface area contributed by atoms with Crippen LogP contribution >= 0.6 is 39.1 Å². The van der Waals surface area contributed by atoms with Crippen molar-refractivity contribution in [1.29, 1.82) is 0 Å². The van der Waals surface area contributed by atoms with Crippen LogP contribution in [0.5, 0.6) is 0 Å². The summed E-state index contributed by atoms with van der Waals surface area (Å²) in [4.78, 5) is 2.16. The Morgan fingerprint density at radius 3 is 2.47 bits per heavy atom. The zero-order chi connectivity index (χ0) is 13.8. The minimum Gasteiger partial charge on any atom is -0.370 e. The fourth-order valence-electron chi connectivity index (χ4n) is 1.86. The molecule has 0 spiro atoms. The van der Waals surface area contributed by atoms with Gasteiger partial charge in [0.15, 0.2) is 0 Å². The van der Waals surface area contributed by atoms with Crippen molar-refractivity contribution in [1.82, 2.24) is 0 Å². The summed E-state index contributed by atoms with van der Waals surface area (Å²) in [7, 11) is 2.05. The van der Waals surface area contributed by atoms with Crippen LogP contribution in [0.1, 0.15) is 11.1 Å². The molecule has 2 rings (SSSR count). The Morgan fingerprint density at radius 1 is 1.11 bits per heavy atom. The molecule has 0 amide bonds. The van der Waals surface area contributed by atoms with Crippen LogP contribution in [0, 0.1) is 0 Å². The summed E-state index contributed by atoms with van der Waals surface area (Å²) in [6.45, 7) is 0.817. The second-order valence-electron chi connectivity index (χ2n) is 4.36. The van der Waals surface area contributed by atoms with E-state index in [0.29, 0.717) is 10.9 Å². The fraction of sp³-hybridized carbons (Fsp3) is 0.200. The van der Waals surface area contributed by atoms with Crippen molar-refractivity contribution in [3.05, 3.63) is 63.1 Å². The van der Waals surface area contributed by atoms with E-state index >= 15 is 0 Å². The molecule has 0 bridgehead atoms. The van der Waals surface area contributed by atoms with Crippen LogP contribution < -0.4 is 4.90 Å². The Kier molecular flexibility index (Phi) is 5.14. The number of rotatable bonds is 4. The summed E-state index contributed by atoms with van der Waals surface area (Å²) in [5.74, 6) is 0.438. The smallest absolute Gasteiger partial charge is 0.0488 e. The highest BCUT2D eigenvalue weighted by molar-refractivity contribution is 9.10. The van der Waals surface area contributed by atoms with Gasteiger partial charge in [-0.1, -0.05) is 51.8 Å². The molecule has 2 aromatic rings. The van der Waals surface area contributed by atoms with Crippen LogP contribution in [0.2, 0.25) is 5.02 Å². The third-order valence-corrected chi connectivity index (χ3v) is 4.40. The molecule has 0 aromatic heterocycles. The molecule has 100 valence electrons. The maximum atomic E-state index is 6.19. The lowest BCUT2D eigenvalue weighted by Gasteiger charge is -2.21. The Balaban J connectivity index is 2.18. The first-order chi connectivity index (χ1) is 9.11. The minimum atomic E-state index is 0.438. The van der Waals surface area contributed by atoms with Gasteiger partial charge >= 0.3 is 0 Å². The predicted molar refractivity (Wildman–Crippen MR) is 87.3 cm³/mol. The lowest BCUT2D eigenvalue weighted by Crippen LogP contribution is -2.16. The average molecular weight is 359 g/mol. The Hall–Kier alpha value is -0.700. The largest absolute Gasteiger partial charge is 0.370 e. The molecule has 19 heavy (non-hydrogen) atoms. The molecule has 0 fully saturated rings. The molecule has 4 heteroatoms. The average Bonchev–Trinajstić information content (AvgIpc) is 2.41. The third-order valence-electron chi connectivity index (χ3n) is 2.99. The van der Waals surface area contributed by atoms with E-state index in [4.69, 9.17) is 23.2 Å². The Labute approximate surface area is 132 Å². The summed E-state index contributed by atoms with van der Waals surface area (Å²) in [5.41, 5.74) is 3.28. The van der Waals surface area contributed by atoms with Crippen LogP contribution in [-0.2, 0) is 12.4 Å². The van der Waals surface area contributed by atoms with Gasteiger partial charge in [-0.15, -0.1) is 11.6 Å². The first kappa shape index (κ1) is 14.7. The summed E-state index contributed by atoms with van der Waals surface area (Å²) >= 11 is 15.6. The Bertz CT molecular complexity index is 572. The van der Waals surface area contributed by atoms with Crippen LogP contribution in [0.3, 0.4) is 0 Å². The highest BCUT2D eigenvalue weighted by Crippen LogP contribution is 2.26. The van der Waals surface area contributed by atoms with Gasteiger partial charge in [0.1, 0.15) is 0 Å². The molecule has 0 N–H and O–H groups in total. The molecule has 0 unspecified atom stereocenters. The van der Waals surface area contributed by atoms with Gasteiger partial charge in [-0.05, 0) is 29.3 Å². The standard InChI is InChI=1S/C15H14BrCl2N/c1-19(10-12-4-2-3-5-14(12)16)13-7-6-11(9-17)15(18)8-13/h2-8H,9-10H2,1H3. The van der Waals surface area contributed by atoms with Gasteiger partial charge in [0.05, 0.1) is 0 Å². The predicted octanol–water partition coefficient (Wildman–Crippen LogP) is 5.48. The van der Waals surface area contributed by atoms with E-state index in [0.717, 1.165) is 22.3 Å². The van der Waals surface area contributed by atoms with E-state index in [9.17, 15) is 0 Å². The maximum Gasteiger partial charge on any atom is 0.0488 e. The van der Waals surface area contributed by atoms with Gasteiger partial charge < -0.3 is 4.90 Å². The quantitative estimate of drug-likeness (QED) is 0.654. The number of halogens is 3. The molecule has 0 saturated heterocycles. The highest BCUT2D eigenvalue weighted by atomic mass is 79.9. The minimum absolute atomic E-state index is 0.438. The molecular weight excluding hydrogens is 345 g/mol. The van der Waals surface area contributed by atoms with E-state index < -0.39 is 0 Å². The summed E-state index contributed by atoms with van der Waals surface area (Å²) in [6.07, 6.45) is 0. The van der Waals surface area contributed by atoms with Crippen molar-refractivity contribution in [2.75, 3.05) is 11.9 Å².